The van der Waals surface area contributed by atoms with Crippen LogP contribution in [0, 0.1) is 0 Å². The predicted molar refractivity (Wildman–Crippen MR) is 308 cm³/mol. The second-order valence-corrected chi connectivity index (χ2v) is 21.6. The molecule has 12 rings (SSSR count). The Morgan fingerprint density at radius 3 is 1.80 bits per heavy atom. The summed E-state index contributed by atoms with van der Waals surface area (Å²) in [6.07, 6.45) is 0.514. The summed E-state index contributed by atoms with van der Waals surface area (Å²) in [4.78, 5) is 37.1. The summed E-state index contributed by atoms with van der Waals surface area (Å²) in [5.41, 5.74) is 6.71. The first-order valence-electron chi connectivity index (χ1n) is 28.1. The maximum absolute atomic E-state index is 13.7. The van der Waals surface area contributed by atoms with Gasteiger partial charge in [0.2, 0.25) is 11.8 Å². The van der Waals surface area contributed by atoms with Crippen molar-refractivity contribution in [1.82, 2.24) is 19.9 Å². The molecule has 0 spiro atoms. The van der Waals surface area contributed by atoms with Crippen LogP contribution in [0.5, 0.6) is 11.8 Å². The van der Waals surface area contributed by atoms with Crippen LogP contribution in [-0.4, -0.2) is 116 Å². The van der Waals surface area contributed by atoms with Crippen LogP contribution in [0.15, 0.2) is 97.1 Å². The monoisotopic (exact) mass is 1210 g/mol. The molecule has 4 bridgehead atoms. The second kappa shape index (κ2) is 27.4. The fraction of sp³-hybridized carbons (Fsp3) is 0.441. The lowest BCUT2D eigenvalue weighted by Gasteiger charge is -2.36. The Bertz CT molecular complexity index is 3210. The molecule has 4 aromatic heterocycles. The number of alkyl halides is 6. The van der Waals surface area contributed by atoms with Gasteiger partial charge in [0, 0.05) is 81.5 Å². The Morgan fingerprint density at radius 1 is 0.643 bits per heavy atom. The topological polar surface area (TPSA) is 184 Å². The molecule has 25 heteroatoms. The van der Waals surface area contributed by atoms with E-state index in [2.05, 4.69) is 40.4 Å². The number of hydrogen-bond donors (Lipinski definition) is 3. The van der Waals surface area contributed by atoms with Gasteiger partial charge in [0.05, 0.1) is 76.4 Å². The second-order valence-electron chi connectivity index (χ2n) is 20.8. The Labute approximate surface area is 492 Å². The van der Waals surface area contributed by atoms with Crippen molar-refractivity contribution in [1.29, 1.82) is 0 Å². The van der Waals surface area contributed by atoms with Crippen molar-refractivity contribution >= 4 is 63.9 Å². The molecule has 4 N–H and O–H groups in total. The predicted octanol–water partition coefficient (Wildman–Crippen LogP) is 13.2. The van der Waals surface area contributed by atoms with E-state index >= 15 is 0 Å². The smallest absolute Gasteiger partial charge is 0.416 e. The first kappa shape index (κ1) is 60.2. The van der Waals surface area contributed by atoms with Gasteiger partial charge in [-0.05, 0) is 99.9 Å². The van der Waals surface area contributed by atoms with E-state index < -0.39 is 29.5 Å². The molecule has 6 aliphatic heterocycles. The van der Waals surface area contributed by atoms with E-state index in [0.29, 0.717) is 115 Å². The summed E-state index contributed by atoms with van der Waals surface area (Å²) in [6, 6.07) is 23.5. The molecule has 2 unspecified atom stereocenters. The number of benzene rings is 2. The highest BCUT2D eigenvalue weighted by atomic mass is 35.5. The summed E-state index contributed by atoms with van der Waals surface area (Å²) in [6.45, 7) is 6.79. The Kier molecular flexibility index (Phi) is 19.7. The number of fused-ring (bicyclic) bond motifs is 8. The van der Waals surface area contributed by atoms with E-state index in [9.17, 15) is 31.1 Å². The van der Waals surface area contributed by atoms with Crippen molar-refractivity contribution in [2.24, 2.45) is 0 Å². The quantitative estimate of drug-likeness (QED) is 0.0651. The summed E-state index contributed by atoms with van der Waals surface area (Å²) >= 11 is 12.8. The number of aromatic nitrogens is 4. The minimum Gasteiger partial charge on any atom is -0.478 e. The van der Waals surface area contributed by atoms with Gasteiger partial charge in [-0.3, -0.25) is 10.2 Å². The molecule has 2 aromatic carbocycles. The Morgan fingerprint density at radius 2 is 1.20 bits per heavy atom. The van der Waals surface area contributed by atoms with E-state index in [1.807, 2.05) is 6.07 Å². The highest BCUT2D eigenvalue weighted by Gasteiger charge is 2.42. The lowest BCUT2D eigenvalue weighted by molar-refractivity contribution is -0.163. The molecule has 10 heterocycles. The average Bonchev–Trinajstić information content (AvgIpc) is 2.29. The van der Waals surface area contributed by atoms with Crippen molar-refractivity contribution in [2.45, 2.75) is 101 Å². The summed E-state index contributed by atoms with van der Waals surface area (Å²) in [7, 11) is 0. The van der Waals surface area contributed by atoms with Gasteiger partial charge in [-0.15, -0.1) is 0 Å². The molecule has 4 atom stereocenters. The Balaban J connectivity index is 0.000000159. The molecule has 6 aromatic rings. The molecule has 2 amide bonds. The van der Waals surface area contributed by atoms with Gasteiger partial charge in [-0.25, -0.2) is 14.8 Å². The fourth-order valence-corrected chi connectivity index (χ4v) is 11.0. The number of anilines is 6. The number of halogens is 8. The lowest BCUT2D eigenvalue weighted by Crippen LogP contribution is -2.48. The minimum absolute atomic E-state index is 0.0238. The van der Waals surface area contributed by atoms with Crippen LogP contribution >= 0.6 is 23.2 Å². The third-order valence-electron chi connectivity index (χ3n) is 14.7. The number of ether oxygens (including phenoxy) is 6. The largest absolute Gasteiger partial charge is 0.478 e. The number of nitrogens with zero attached hydrogens (tertiary/aromatic N) is 7. The molecule has 4 saturated heterocycles. The van der Waals surface area contributed by atoms with Crippen LogP contribution in [0.25, 0.3) is 22.5 Å². The zero-order valence-electron chi connectivity index (χ0n) is 45.8. The number of carbonyl (C=O) groups excluding carboxylic acids is 1. The van der Waals surface area contributed by atoms with Gasteiger partial charge in [0.25, 0.3) is 0 Å². The van der Waals surface area contributed by atoms with Gasteiger partial charge in [-0.1, -0.05) is 59.6 Å². The number of hydrogen-bond acceptors (Lipinski definition) is 15. The van der Waals surface area contributed by atoms with Crippen LogP contribution in [0.3, 0.4) is 0 Å². The number of pyridine rings is 4. The molecule has 0 saturated carbocycles. The third-order valence-corrected chi connectivity index (χ3v) is 15.2. The van der Waals surface area contributed by atoms with E-state index in [0.717, 1.165) is 101 Å². The van der Waals surface area contributed by atoms with Crippen molar-refractivity contribution in [3.63, 3.8) is 0 Å². The van der Waals surface area contributed by atoms with Gasteiger partial charge >= 0.3 is 18.4 Å². The maximum atomic E-state index is 13.7. The van der Waals surface area contributed by atoms with E-state index in [-0.39, 0.29) is 34.9 Å². The molecule has 4 fully saturated rings. The zero-order valence-corrected chi connectivity index (χ0v) is 47.3. The minimum atomic E-state index is -4.52. The standard InChI is InChI=1S/C30H31ClF3N5O4.C16H13ClF3N3.C13H20N2O3/c31-22-17-23-28(37-27(22)19-6-3-7-20(16-19)30(32,33)34)39(21-11-12-38(23)18-21)29(40)36-24-8-4-9-25(35-24)41-14-5-15-43-26-10-1-2-13-42-26;17-12-7-13-15(21-11-4-5-23(13)8-11)22-14(12)9-2-1-3-10(6-9)16(18,19)20;14-11-5-3-6-12(15-11)16-9-4-10-18-13-7-1-2-8-17-13/h3-4,6-9,16-17,21,26H,1-2,5,10-15,18H2,(H,35,36,40);1-3,6-7,11H,4-5,8H2,(H,21,22);3,5-6,13H,1-2,4,7-10H2,(H2,14,15)/t21-,26?;11-;/m00./s1. The SMILES string of the molecule is FC(F)(F)c1cccc(-c2nc3c(cc2Cl)N2CC[C@@H](C2)N3)c1.Nc1cccc(OCCCOC2CCCCO2)n1.O=C(Nc1cccc(OCCCOC2CCCCO2)n1)N1c2nc(-c3cccc(C(F)(F)F)c3)c(Cl)cc2N2CC[C@H]1C2. The van der Waals surface area contributed by atoms with Crippen molar-refractivity contribution in [3.05, 3.63) is 118 Å². The number of nitrogens with one attached hydrogen (secondary N) is 2. The molecule has 0 radical (unpaired) electrons. The van der Waals surface area contributed by atoms with E-state index in [1.165, 1.54) is 24.6 Å². The number of nitrogens with two attached hydrogens (primary N) is 1. The molecule has 448 valence electrons. The molecule has 0 aliphatic carbocycles. The lowest BCUT2D eigenvalue weighted by atomic mass is 10.1. The fourth-order valence-electron chi connectivity index (χ4n) is 10.5. The van der Waals surface area contributed by atoms with Crippen molar-refractivity contribution < 1.29 is 59.6 Å². The van der Waals surface area contributed by atoms with Gasteiger partial charge < -0.3 is 49.3 Å². The third kappa shape index (κ3) is 15.5. The van der Waals surface area contributed by atoms with Crippen LogP contribution in [-0.2, 0) is 31.3 Å². The summed E-state index contributed by atoms with van der Waals surface area (Å²) < 4.78 is 112. The highest BCUT2D eigenvalue weighted by molar-refractivity contribution is 6.34. The number of rotatable bonds is 15. The number of nitrogen functional groups attached to an aromatic ring is 1. The number of amides is 2. The summed E-state index contributed by atoms with van der Waals surface area (Å²) in [5.74, 6) is 2.70. The van der Waals surface area contributed by atoms with Crippen LogP contribution < -0.4 is 40.5 Å². The first-order valence-corrected chi connectivity index (χ1v) is 28.8. The van der Waals surface area contributed by atoms with Crippen LogP contribution in [0.2, 0.25) is 10.0 Å². The average molecular weight is 1210 g/mol. The summed E-state index contributed by atoms with van der Waals surface area (Å²) in [5, 5.41) is 6.73. The van der Waals surface area contributed by atoms with Crippen molar-refractivity contribution in [3.8, 4) is 34.3 Å². The van der Waals surface area contributed by atoms with Crippen molar-refractivity contribution in [2.75, 3.05) is 96.9 Å². The Hall–Kier alpha value is -6.89. The normalized spacial score (nSPS) is 19.6. The molecular formula is C59H64Cl2F6N10O7. The molecular weight excluding hydrogens is 1150 g/mol. The zero-order chi connectivity index (χ0) is 58.8. The maximum Gasteiger partial charge on any atom is 0.416 e. The van der Waals surface area contributed by atoms with E-state index in [4.69, 9.17) is 57.4 Å². The van der Waals surface area contributed by atoms with Gasteiger partial charge in [0.1, 0.15) is 11.6 Å². The highest BCUT2D eigenvalue weighted by Crippen LogP contribution is 2.45. The number of urea groups is 1. The van der Waals surface area contributed by atoms with Gasteiger partial charge in [-0.2, -0.15) is 36.3 Å². The molecule has 17 nitrogen and oxygen atoms in total. The van der Waals surface area contributed by atoms with Crippen LogP contribution in [0.4, 0.5) is 65.8 Å². The first-order chi connectivity index (χ1) is 40.5. The molecule has 6 aliphatic rings. The van der Waals surface area contributed by atoms with Gasteiger partial charge in [0.15, 0.2) is 24.2 Å². The number of carbonyl (C=O) groups is 1. The van der Waals surface area contributed by atoms with E-state index in [1.54, 1.807) is 53.4 Å². The van der Waals surface area contributed by atoms with Crippen LogP contribution in [0.1, 0.15) is 75.3 Å². The molecule has 84 heavy (non-hydrogen) atoms.